The molecule has 8 nitrogen and oxygen atoms in total. The maximum Gasteiger partial charge on any atom is 0.234 e. The smallest absolute Gasteiger partial charge is 0.234 e. The molecule has 2 aromatic rings. The van der Waals surface area contributed by atoms with Crippen molar-refractivity contribution in [2.24, 2.45) is 0 Å². The van der Waals surface area contributed by atoms with E-state index in [0.29, 0.717) is 38.7 Å². The van der Waals surface area contributed by atoms with Gasteiger partial charge in [0.15, 0.2) is 0 Å². The molecule has 0 spiro atoms. The summed E-state index contributed by atoms with van der Waals surface area (Å²) in [4.78, 5) is 28.6. The van der Waals surface area contributed by atoms with Crippen molar-refractivity contribution < 1.29 is 18.8 Å². The number of carbonyl (C=O) groups excluding carboxylic acids is 2. The van der Waals surface area contributed by atoms with Gasteiger partial charge in [0.2, 0.25) is 11.8 Å². The number of benzene rings is 1. The minimum atomic E-state index is 0.0962. The molecule has 31 heavy (non-hydrogen) atoms. The predicted octanol–water partition coefficient (Wildman–Crippen LogP) is 1.84. The first-order valence-electron chi connectivity index (χ1n) is 10.9. The average Bonchev–Trinajstić information content (AvgIpc) is 3.51. The highest BCUT2D eigenvalue weighted by Gasteiger charge is 2.26. The number of nitrogens with one attached hydrogen (secondary N) is 1. The molecule has 8 heteroatoms. The lowest BCUT2D eigenvalue weighted by Gasteiger charge is -2.34. The second-order valence-electron chi connectivity index (χ2n) is 8.41. The molecule has 1 aliphatic heterocycles. The fraction of sp³-hybridized carbons (Fsp3) is 0.522. The third-order valence-corrected chi connectivity index (χ3v) is 5.88. The summed E-state index contributed by atoms with van der Waals surface area (Å²) < 4.78 is 11.0. The number of aromatic nitrogens is 1. The molecule has 1 aliphatic carbocycles. The minimum Gasteiger partial charge on any atom is -0.489 e. The van der Waals surface area contributed by atoms with Gasteiger partial charge < -0.3 is 19.5 Å². The number of hydrogen-bond donors (Lipinski definition) is 1. The molecule has 2 amide bonds. The van der Waals surface area contributed by atoms with Crippen LogP contribution in [0.15, 0.2) is 28.8 Å². The summed E-state index contributed by atoms with van der Waals surface area (Å²) in [5.41, 5.74) is 2.76. The van der Waals surface area contributed by atoms with Gasteiger partial charge in [-0.2, -0.15) is 0 Å². The Morgan fingerprint density at radius 1 is 1.13 bits per heavy atom. The van der Waals surface area contributed by atoms with Gasteiger partial charge in [-0.3, -0.25) is 14.5 Å². The Bertz CT molecular complexity index is 893. The molecule has 2 fully saturated rings. The van der Waals surface area contributed by atoms with Crippen molar-refractivity contribution in [2.75, 3.05) is 32.7 Å². The van der Waals surface area contributed by atoms with Crippen LogP contribution in [-0.4, -0.2) is 65.5 Å². The first kappa shape index (κ1) is 21.4. The summed E-state index contributed by atoms with van der Waals surface area (Å²) in [5.74, 6) is 1.73. The van der Waals surface area contributed by atoms with E-state index in [4.69, 9.17) is 9.26 Å². The van der Waals surface area contributed by atoms with E-state index in [1.807, 2.05) is 43.0 Å². The average molecular weight is 427 g/mol. The molecule has 1 saturated heterocycles. The van der Waals surface area contributed by atoms with Gasteiger partial charge in [0.25, 0.3) is 0 Å². The van der Waals surface area contributed by atoms with Gasteiger partial charge >= 0.3 is 0 Å². The Balaban J connectivity index is 1.20. The normalized spacial score (nSPS) is 16.9. The Labute approximate surface area is 182 Å². The Kier molecular flexibility index (Phi) is 6.56. The Hall–Kier alpha value is -2.87. The second kappa shape index (κ2) is 9.51. The van der Waals surface area contributed by atoms with Crippen LogP contribution in [0.3, 0.4) is 0 Å². The highest BCUT2D eigenvalue weighted by Crippen LogP contribution is 2.19. The van der Waals surface area contributed by atoms with Gasteiger partial charge in [-0.25, -0.2) is 0 Å². The molecule has 1 aromatic carbocycles. The first-order valence-corrected chi connectivity index (χ1v) is 10.9. The van der Waals surface area contributed by atoms with Crippen LogP contribution in [0.1, 0.15) is 35.4 Å². The molecular formula is C23H30N4O4. The molecule has 0 radical (unpaired) electrons. The maximum atomic E-state index is 12.7. The molecule has 2 heterocycles. The number of aryl methyl sites for hydroxylation is 2. The van der Waals surface area contributed by atoms with E-state index in [9.17, 15) is 9.59 Å². The van der Waals surface area contributed by atoms with Crippen molar-refractivity contribution >= 4 is 11.8 Å². The highest BCUT2D eigenvalue weighted by molar-refractivity contribution is 5.79. The van der Waals surface area contributed by atoms with Crippen LogP contribution in [0.5, 0.6) is 5.75 Å². The summed E-state index contributed by atoms with van der Waals surface area (Å²) in [6.07, 6.45) is 2.57. The van der Waals surface area contributed by atoms with E-state index >= 15 is 0 Å². The number of amides is 2. The van der Waals surface area contributed by atoms with E-state index in [1.54, 1.807) is 0 Å². The molecule has 1 saturated carbocycles. The lowest BCUT2D eigenvalue weighted by molar-refractivity contribution is -0.132. The van der Waals surface area contributed by atoms with Crippen LogP contribution in [0.25, 0.3) is 0 Å². The number of ether oxygens (including phenoxy) is 1. The molecule has 0 bridgehead atoms. The van der Waals surface area contributed by atoms with Gasteiger partial charge in [-0.05, 0) is 44.4 Å². The van der Waals surface area contributed by atoms with E-state index in [2.05, 4.69) is 15.4 Å². The van der Waals surface area contributed by atoms with Gasteiger partial charge in [-0.15, -0.1) is 0 Å². The summed E-state index contributed by atoms with van der Waals surface area (Å²) in [5, 5.41) is 6.95. The lowest BCUT2D eigenvalue weighted by atomic mass is 10.1. The van der Waals surface area contributed by atoms with Gasteiger partial charge in [0, 0.05) is 32.2 Å². The molecule has 2 aliphatic rings. The van der Waals surface area contributed by atoms with Crippen LogP contribution in [0, 0.1) is 13.8 Å². The standard InChI is InChI=1S/C23H30N4O4/c1-16-21(17(2)31-25-16)15-30-20-7-3-18(4-8-20)13-23(29)27-11-9-26(10-12-27)14-22(28)24-19-5-6-19/h3-4,7-8,19H,5-6,9-15H2,1-2H3,(H,24,28). The molecule has 1 aromatic heterocycles. The van der Waals surface area contributed by atoms with Crippen molar-refractivity contribution in [1.82, 2.24) is 20.3 Å². The maximum absolute atomic E-state index is 12.7. The van der Waals surface area contributed by atoms with Gasteiger partial charge in [0.1, 0.15) is 18.1 Å². The Morgan fingerprint density at radius 3 is 2.45 bits per heavy atom. The van der Waals surface area contributed by atoms with Crippen molar-refractivity contribution in [1.29, 1.82) is 0 Å². The number of hydrogen-bond acceptors (Lipinski definition) is 6. The molecule has 4 rings (SSSR count). The summed E-state index contributed by atoms with van der Waals surface area (Å²) in [6, 6.07) is 8.02. The zero-order valence-electron chi connectivity index (χ0n) is 18.2. The van der Waals surface area contributed by atoms with Crippen LogP contribution in [0.2, 0.25) is 0 Å². The fourth-order valence-corrected chi connectivity index (χ4v) is 3.71. The molecule has 0 atom stereocenters. The van der Waals surface area contributed by atoms with Crippen LogP contribution >= 0.6 is 0 Å². The second-order valence-corrected chi connectivity index (χ2v) is 8.41. The third-order valence-electron chi connectivity index (χ3n) is 5.88. The summed E-state index contributed by atoms with van der Waals surface area (Å²) in [6.45, 7) is 7.39. The van der Waals surface area contributed by atoms with Crippen molar-refractivity contribution in [2.45, 2.75) is 45.8 Å². The van der Waals surface area contributed by atoms with Crippen molar-refractivity contribution in [3.05, 3.63) is 46.8 Å². The van der Waals surface area contributed by atoms with Crippen molar-refractivity contribution in [3.63, 3.8) is 0 Å². The Morgan fingerprint density at radius 2 is 1.84 bits per heavy atom. The minimum absolute atomic E-state index is 0.0962. The van der Waals surface area contributed by atoms with Crippen LogP contribution in [-0.2, 0) is 22.6 Å². The quantitative estimate of drug-likeness (QED) is 0.693. The van der Waals surface area contributed by atoms with Gasteiger partial charge in [-0.1, -0.05) is 17.3 Å². The summed E-state index contributed by atoms with van der Waals surface area (Å²) in [7, 11) is 0. The van der Waals surface area contributed by atoms with E-state index in [0.717, 1.165) is 54.3 Å². The molecule has 166 valence electrons. The monoisotopic (exact) mass is 426 g/mol. The number of rotatable bonds is 8. The van der Waals surface area contributed by atoms with E-state index < -0.39 is 0 Å². The topological polar surface area (TPSA) is 87.9 Å². The largest absolute Gasteiger partial charge is 0.489 e. The SMILES string of the molecule is Cc1noc(C)c1COc1ccc(CC(=O)N2CCN(CC(=O)NC3CC3)CC2)cc1. The number of carbonyl (C=O) groups is 2. The highest BCUT2D eigenvalue weighted by atomic mass is 16.5. The number of piperazine rings is 1. The molecule has 0 unspecified atom stereocenters. The summed E-state index contributed by atoms with van der Waals surface area (Å²) >= 11 is 0. The van der Waals surface area contributed by atoms with E-state index in [1.165, 1.54) is 0 Å². The van der Waals surface area contributed by atoms with Crippen LogP contribution in [0.4, 0.5) is 0 Å². The predicted molar refractivity (Wildman–Crippen MR) is 115 cm³/mol. The fourth-order valence-electron chi connectivity index (χ4n) is 3.71. The van der Waals surface area contributed by atoms with Gasteiger partial charge in [0.05, 0.1) is 24.2 Å². The van der Waals surface area contributed by atoms with E-state index in [-0.39, 0.29) is 11.8 Å². The molecule has 1 N–H and O–H groups in total. The number of nitrogens with zero attached hydrogens (tertiary/aromatic N) is 3. The third kappa shape index (κ3) is 5.85. The van der Waals surface area contributed by atoms with Crippen molar-refractivity contribution in [3.8, 4) is 5.75 Å². The zero-order chi connectivity index (χ0) is 21.8. The lowest BCUT2D eigenvalue weighted by Crippen LogP contribution is -2.51. The first-order chi connectivity index (χ1) is 15.0. The van der Waals surface area contributed by atoms with Crippen LogP contribution < -0.4 is 10.1 Å². The molecular weight excluding hydrogens is 396 g/mol. The zero-order valence-corrected chi connectivity index (χ0v) is 18.2.